The minimum Gasteiger partial charge on any atom is -0.444 e. The number of pyridine rings is 1. The van der Waals surface area contributed by atoms with E-state index in [-0.39, 0.29) is 11.8 Å². The van der Waals surface area contributed by atoms with Crippen LogP contribution in [0, 0.1) is 10.1 Å². The first-order chi connectivity index (χ1) is 12.3. The van der Waals surface area contributed by atoms with E-state index in [9.17, 15) is 14.9 Å². The highest BCUT2D eigenvalue weighted by Crippen LogP contribution is 2.33. The molecule has 0 bridgehead atoms. The molecule has 0 N–H and O–H groups in total. The van der Waals surface area contributed by atoms with E-state index in [2.05, 4.69) is 4.98 Å². The van der Waals surface area contributed by atoms with Gasteiger partial charge in [-0.25, -0.2) is 9.78 Å². The molecular formula is C19H21N3O4. The summed E-state index contributed by atoms with van der Waals surface area (Å²) in [4.78, 5) is 28.8. The quantitative estimate of drug-likeness (QED) is 0.596. The maximum absolute atomic E-state index is 12.2. The van der Waals surface area contributed by atoms with Gasteiger partial charge in [0.1, 0.15) is 11.1 Å². The van der Waals surface area contributed by atoms with Crippen LogP contribution in [-0.2, 0) is 4.74 Å². The predicted octanol–water partition coefficient (Wildman–Crippen LogP) is 4.17. The first-order valence-electron chi connectivity index (χ1n) is 8.46. The lowest BCUT2D eigenvalue weighted by Gasteiger charge is -2.29. The fourth-order valence-electron chi connectivity index (χ4n) is 2.99. The first-order valence-corrected chi connectivity index (χ1v) is 8.46. The van der Waals surface area contributed by atoms with Crippen LogP contribution in [0.3, 0.4) is 0 Å². The number of nitro benzene ring substituents is 1. The van der Waals surface area contributed by atoms with Crippen LogP contribution in [0.2, 0.25) is 0 Å². The summed E-state index contributed by atoms with van der Waals surface area (Å²) in [6.07, 6.45) is 3.85. The molecule has 1 aliphatic rings. The Kier molecular flexibility index (Phi) is 4.63. The van der Waals surface area contributed by atoms with Gasteiger partial charge in [0.25, 0.3) is 5.69 Å². The number of ether oxygens (including phenoxy) is 1. The Labute approximate surface area is 151 Å². The lowest BCUT2D eigenvalue weighted by Crippen LogP contribution is -2.39. The molecule has 136 valence electrons. The predicted molar refractivity (Wildman–Crippen MR) is 98.8 cm³/mol. The van der Waals surface area contributed by atoms with Gasteiger partial charge in [-0.1, -0.05) is 12.1 Å². The average molecular weight is 355 g/mol. The van der Waals surface area contributed by atoms with Crippen LogP contribution in [0.4, 0.5) is 10.5 Å². The molecule has 0 unspecified atom stereocenters. The number of benzene rings is 1. The Balaban J connectivity index is 1.89. The van der Waals surface area contributed by atoms with Gasteiger partial charge in [0.05, 0.1) is 4.92 Å². The van der Waals surface area contributed by atoms with Crippen molar-refractivity contribution in [1.29, 1.82) is 0 Å². The number of hydrogen-bond donors (Lipinski definition) is 0. The Bertz CT molecular complexity index is 899. The molecule has 3 rings (SSSR count). The molecule has 0 atom stereocenters. The van der Waals surface area contributed by atoms with Crippen LogP contribution < -0.4 is 0 Å². The van der Waals surface area contributed by atoms with E-state index in [0.717, 1.165) is 16.5 Å². The van der Waals surface area contributed by atoms with Crippen LogP contribution in [-0.4, -0.2) is 39.6 Å². The Hall–Kier alpha value is -2.96. The zero-order valence-corrected chi connectivity index (χ0v) is 15.1. The second kappa shape index (κ2) is 6.74. The van der Waals surface area contributed by atoms with E-state index in [1.807, 2.05) is 32.9 Å². The van der Waals surface area contributed by atoms with Gasteiger partial charge in [0.2, 0.25) is 0 Å². The number of nitrogens with zero attached hydrogens (tertiary/aromatic N) is 3. The third-order valence-electron chi connectivity index (χ3n) is 4.15. The van der Waals surface area contributed by atoms with Gasteiger partial charge in [0.15, 0.2) is 0 Å². The van der Waals surface area contributed by atoms with Gasteiger partial charge in [-0.05, 0) is 50.5 Å². The SMILES string of the molecule is CC(C)(C)OC(=O)N1CC=C(c2ccc([N+](=O)[O-])c3ncccc23)CC1. The fraction of sp³-hybridized carbons (Fsp3) is 0.368. The number of carbonyl (C=O) groups excluding carboxylic acids is 1. The molecule has 2 aromatic rings. The van der Waals surface area contributed by atoms with Crippen LogP contribution in [0.5, 0.6) is 0 Å². The summed E-state index contributed by atoms with van der Waals surface area (Å²) in [5.41, 5.74) is 1.82. The molecule has 1 amide bonds. The van der Waals surface area contributed by atoms with Crippen LogP contribution in [0.25, 0.3) is 16.5 Å². The average Bonchev–Trinajstić information content (AvgIpc) is 2.59. The van der Waals surface area contributed by atoms with Crippen LogP contribution in [0.1, 0.15) is 32.8 Å². The van der Waals surface area contributed by atoms with Crippen molar-refractivity contribution in [1.82, 2.24) is 9.88 Å². The Morgan fingerprint density at radius 1 is 1.31 bits per heavy atom. The smallest absolute Gasteiger partial charge is 0.410 e. The summed E-state index contributed by atoms with van der Waals surface area (Å²) >= 11 is 0. The molecule has 7 nitrogen and oxygen atoms in total. The maximum Gasteiger partial charge on any atom is 0.410 e. The highest BCUT2D eigenvalue weighted by atomic mass is 16.6. The molecule has 1 aromatic carbocycles. The van der Waals surface area contributed by atoms with Crippen molar-refractivity contribution in [3.63, 3.8) is 0 Å². The summed E-state index contributed by atoms with van der Waals surface area (Å²) in [6.45, 7) is 6.51. The normalized spacial score (nSPS) is 14.9. The molecular weight excluding hydrogens is 334 g/mol. The molecule has 0 fully saturated rings. The molecule has 7 heteroatoms. The topological polar surface area (TPSA) is 85.6 Å². The third kappa shape index (κ3) is 3.66. The largest absolute Gasteiger partial charge is 0.444 e. The van der Waals surface area contributed by atoms with E-state index in [1.54, 1.807) is 23.2 Å². The Morgan fingerprint density at radius 2 is 2.08 bits per heavy atom. The van der Waals surface area contributed by atoms with Crippen molar-refractivity contribution < 1.29 is 14.5 Å². The lowest BCUT2D eigenvalue weighted by molar-refractivity contribution is -0.383. The van der Waals surface area contributed by atoms with Gasteiger partial charge in [-0.15, -0.1) is 0 Å². The van der Waals surface area contributed by atoms with Crippen molar-refractivity contribution in [2.24, 2.45) is 0 Å². The fourth-order valence-corrected chi connectivity index (χ4v) is 2.99. The number of rotatable bonds is 2. The van der Waals surface area contributed by atoms with Crippen molar-refractivity contribution in [3.05, 3.63) is 52.2 Å². The van der Waals surface area contributed by atoms with E-state index in [0.29, 0.717) is 25.0 Å². The lowest BCUT2D eigenvalue weighted by atomic mass is 9.95. The van der Waals surface area contributed by atoms with Crippen LogP contribution >= 0.6 is 0 Å². The minimum absolute atomic E-state index is 0.00357. The van der Waals surface area contributed by atoms with Gasteiger partial charge in [-0.2, -0.15) is 0 Å². The highest BCUT2D eigenvalue weighted by Gasteiger charge is 2.25. The number of hydrogen-bond acceptors (Lipinski definition) is 5. The van der Waals surface area contributed by atoms with E-state index in [1.165, 1.54) is 6.07 Å². The molecule has 0 radical (unpaired) electrons. The molecule has 0 saturated heterocycles. The summed E-state index contributed by atoms with van der Waals surface area (Å²) < 4.78 is 5.40. The van der Waals surface area contributed by atoms with Gasteiger partial charge < -0.3 is 9.64 Å². The standard InChI is InChI=1S/C19H21N3O4/c1-19(2,3)26-18(23)21-11-8-13(9-12-21)14-6-7-16(22(24)25)17-15(14)5-4-10-20-17/h4-8,10H,9,11-12H2,1-3H3. The third-order valence-corrected chi connectivity index (χ3v) is 4.15. The van der Waals surface area contributed by atoms with E-state index < -0.39 is 10.5 Å². The zero-order chi connectivity index (χ0) is 18.9. The number of fused-ring (bicyclic) bond motifs is 1. The molecule has 0 saturated carbocycles. The maximum atomic E-state index is 12.2. The zero-order valence-electron chi connectivity index (χ0n) is 15.1. The van der Waals surface area contributed by atoms with E-state index in [4.69, 9.17) is 4.74 Å². The van der Waals surface area contributed by atoms with Gasteiger partial charge >= 0.3 is 6.09 Å². The summed E-state index contributed by atoms with van der Waals surface area (Å²) in [7, 11) is 0. The number of aromatic nitrogens is 1. The minimum atomic E-state index is -0.526. The molecule has 0 aliphatic carbocycles. The number of amides is 1. The monoisotopic (exact) mass is 355 g/mol. The van der Waals surface area contributed by atoms with Gasteiger partial charge in [0, 0.05) is 30.7 Å². The second-order valence-corrected chi connectivity index (χ2v) is 7.19. The second-order valence-electron chi connectivity index (χ2n) is 7.19. The van der Waals surface area contributed by atoms with Crippen LogP contribution in [0.15, 0.2) is 36.5 Å². The first kappa shape index (κ1) is 17.8. The number of carbonyl (C=O) groups is 1. The summed E-state index contributed by atoms with van der Waals surface area (Å²) in [5.74, 6) is 0. The molecule has 26 heavy (non-hydrogen) atoms. The van der Waals surface area contributed by atoms with Crippen molar-refractivity contribution in [2.75, 3.05) is 13.1 Å². The van der Waals surface area contributed by atoms with Crippen molar-refractivity contribution in [3.8, 4) is 0 Å². The molecule has 0 spiro atoms. The highest BCUT2D eigenvalue weighted by molar-refractivity contribution is 5.96. The van der Waals surface area contributed by atoms with Gasteiger partial charge in [-0.3, -0.25) is 10.1 Å². The van der Waals surface area contributed by atoms with Crippen molar-refractivity contribution >= 4 is 28.3 Å². The van der Waals surface area contributed by atoms with E-state index >= 15 is 0 Å². The Morgan fingerprint density at radius 3 is 2.69 bits per heavy atom. The van der Waals surface area contributed by atoms with Crippen molar-refractivity contribution in [2.45, 2.75) is 32.8 Å². The number of non-ortho nitro benzene ring substituents is 1. The molecule has 1 aliphatic heterocycles. The molecule has 1 aromatic heterocycles. The molecule has 2 heterocycles. The summed E-state index contributed by atoms with van der Waals surface area (Å²) in [6, 6.07) is 6.86. The number of nitro groups is 1. The summed E-state index contributed by atoms with van der Waals surface area (Å²) in [5, 5.41) is 12.0.